The molecule has 0 aliphatic carbocycles. The summed E-state index contributed by atoms with van der Waals surface area (Å²) in [5, 5.41) is 12.0. The van der Waals surface area contributed by atoms with Gasteiger partial charge in [-0.1, -0.05) is 30.0 Å². The van der Waals surface area contributed by atoms with Crippen molar-refractivity contribution >= 4 is 11.4 Å². The average molecular weight is 237 g/mol. The van der Waals surface area contributed by atoms with Crippen molar-refractivity contribution in [3.63, 3.8) is 0 Å². The van der Waals surface area contributed by atoms with Crippen molar-refractivity contribution in [2.45, 2.75) is 6.42 Å². The Bertz CT molecular complexity index is 535. The molecule has 2 nitrogen and oxygen atoms in total. The zero-order valence-corrected chi connectivity index (χ0v) is 10.1. The van der Waals surface area contributed by atoms with Crippen LogP contribution >= 0.6 is 0 Å². The van der Waals surface area contributed by atoms with Crippen LogP contribution in [-0.2, 0) is 0 Å². The van der Waals surface area contributed by atoms with Gasteiger partial charge in [0.1, 0.15) is 0 Å². The highest BCUT2D eigenvalue weighted by Crippen LogP contribution is 2.16. The number of hydrogen-bond acceptors (Lipinski definition) is 2. The van der Waals surface area contributed by atoms with Crippen molar-refractivity contribution in [2.75, 3.05) is 11.9 Å². The van der Waals surface area contributed by atoms with Crippen molar-refractivity contribution in [3.8, 4) is 11.8 Å². The van der Waals surface area contributed by atoms with Crippen LogP contribution in [0.25, 0.3) is 0 Å². The molecular formula is C16H15NO. The summed E-state index contributed by atoms with van der Waals surface area (Å²) in [4.78, 5) is 0. The van der Waals surface area contributed by atoms with Gasteiger partial charge in [-0.3, -0.25) is 0 Å². The Balaban J connectivity index is 2.02. The molecule has 0 fully saturated rings. The Kier molecular flexibility index (Phi) is 4.40. The highest BCUT2D eigenvalue weighted by atomic mass is 16.2. The van der Waals surface area contributed by atoms with Crippen molar-refractivity contribution in [2.24, 2.45) is 0 Å². The fourth-order valence-corrected chi connectivity index (χ4v) is 1.55. The minimum Gasteiger partial charge on any atom is -0.395 e. The maximum atomic E-state index is 8.64. The van der Waals surface area contributed by atoms with Crippen LogP contribution in [0, 0.1) is 11.8 Å². The number of aliphatic hydroxyl groups is 1. The van der Waals surface area contributed by atoms with E-state index in [0.29, 0.717) is 6.42 Å². The highest BCUT2D eigenvalue weighted by molar-refractivity contribution is 5.60. The lowest BCUT2D eigenvalue weighted by Gasteiger charge is -2.05. The van der Waals surface area contributed by atoms with Gasteiger partial charge in [-0.25, -0.2) is 0 Å². The molecule has 90 valence electrons. The molecule has 0 bridgehead atoms. The first-order valence-corrected chi connectivity index (χ1v) is 5.90. The third kappa shape index (κ3) is 3.65. The van der Waals surface area contributed by atoms with E-state index in [1.807, 2.05) is 54.6 Å². The normalized spacial score (nSPS) is 9.39. The van der Waals surface area contributed by atoms with Gasteiger partial charge >= 0.3 is 0 Å². The molecule has 0 heterocycles. The largest absolute Gasteiger partial charge is 0.395 e. The number of para-hydroxylation sites is 1. The van der Waals surface area contributed by atoms with E-state index < -0.39 is 0 Å². The van der Waals surface area contributed by atoms with Crippen LogP contribution in [0.2, 0.25) is 0 Å². The Labute approximate surface area is 107 Å². The third-order valence-electron chi connectivity index (χ3n) is 2.42. The van der Waals surface area contributed by atoms with Gasteiger partial charge in [0.25, 0.3) is 0 Å². The Morgan fingerprint density at radius 2 is 1.56 bits per heavy atom. The summed E-state index contributed by atoms with van der Waals surface area (Å²) in [7, 11) is 0. The molecule has 0 radical (unpaired) electrons. The number of benzene rings is 2. The van der Waals surface area contributed by atoms with Crippen LogP contribution in [0.5, 0.6) is 0 Å². The maximum absolute atomic E-state index is 8.64. The van der Waals surface area contributed by atoms with E-state index >= 15 is 0 Å². The van der Waals surface area contributed by atoms with Gasteiger partial charge in [-0.2, -0.15) is 0 Å². The van der Waals surface area contributed by atoms with E-state index in [-0.39, 0.29) is 6.61 Å². The standard InChI is InChI=1S/C16H15NO/c18-13-5-4-6-14-9-11-16(12-10-14)17-15-7-2-1-3-8-15/h1-3,7-12,17-18H,5,13H2. The maximum Gasteiger partial charge on any atom is 0.0540 e. The first-order chi connectivity index (χ1) is 8.88. The van der Waals surface area contributed by atoms with Gasteiger partial charge in [0, 0.05) is 23.4 Å². The van der Waals surface area contributed by atoms with Gasteiger partial charge in [0.05, 0.1) is 6.61 Å². The molecule has 2 N–H and O–H groups in total. The second-order valence-corrected chi connectivity index (χ2v) is 3.84. The molecule has 0 atom stereocenters. The lowest BCUT2D eigenvalue weighted by atomic mass is 10.2. The topological polar surface area (TPSA) is 32.3 Å². The summed E-state index contributed by atoms with van der Waals surface area (Å²) < 4.78 is 0. The predicted molar refractivity (Wildman–Crippen MR) is 74.7 cm³/mol. The van der Waals surface area contributed by atoms with Crippen molar-refractivity contribution in [1.29, 1.82) is 0 Å². The number of hydrogen-bond donors (Lipinski definition) is 2. The van der Waals surface area contributed by atoms with Crippen LogP contribution in [0.3, 0.4) is 0 Å². The molecule has 2 aromatic carbocycles. The summed E-state index contributed by atoms with van der Waals surface area (Å²) in [6.07, 6.45) is 0.518. The molecule has 0 aliphatic heterocycles. The molecule has 2 heteroatoms. The number of aliphatic hydroxyl groups excluding tert-OH is 1. The second kappa shape index (κ2) is 6.48. The Morgan fingerprint density at radius 1 is 0.889 bits per heavy atom. The molecule has 0 amide bonds. The molecule has 0 saturated heterocycles. The van der Waals surface area contributed by atoms with E-state index in [9.17, 15) is 0 Å². The quantitative estimate of drug-likeness (QED) is 0.804. The zero-order valence-electron chi connectivity index (χ0n) is 10.1. The average Bonchev–Trinajstić information content (AvgIpc) is 2.42. The molecule has 18 heavy (non-hydrogen) atoms. The highest BCUT2D eigenvalue weighted by Gasteiger charge is 1.93. The smallest absolute Gasteiger partial charge is 0.0540 e. The Morgan fingerprint density at radius 3 is 2.22 bits per heavy atom. The van der Waals surface area contributed by atoms with Crippen LogP contribution in [0.4, 0.5) is 11.4 Å². The van der Waals surface area contributed by atoms with Crippen LogP contribution in [0.15, 0.2) is 54.6 Å². The lowest BCUT2D eigenvalue weighted by Crippen LogP contribution is -1.89. The molecule has 2 rings (SSSR count). The first-order valence-electron chi connectivity index (χ1n) is 5.90. The molecule has 0 spiro atoms. The van der Waals surface area contributed by atoms with E-state index in [0.717, 1.165) is 16.9 Å². The van der Waals surface area contributed by atoms with E-state index in [1.54, 1.807) is 0 Å². The zero-order chi connectivity index (χ0) is 12.6. The second-order valence-electron chi connectivity index (χ2n) is 3.84. The summed E-state index contributed by atoms with van der Waals surface area (Å²) in [5.74, 6) is 5.90. The van der Waals surface area contributed by atoms with E-state index in [2.05, 4.69) is 17.2 Å². The van der Waals surface area contributed by atoms with Crippen LogP contribution in [-0.4, -0.2) is 11.7 Å². The lowest BCUT2D eigenvalue weighted by molar-refractivity contribution is 0.305. The molecule has 0 unspecified atom stereocenters. The van der Waals surface area contributed by atoms with E-state index in [1.165, 1.54) is 0 Å². The predicted octanol–water partition coefficient (Wildman–Crippen LogP) is 3.16. The first kappa shape index (κ1) is 12.2. The van der Waals surface area contributed by atoms with Crippen molar-refractivity contribution in [3.05, 3.63) is 60.2 Å². The summed E-state index contributed by atoms with van der Waals surface area (Å²) in [6, 6.07) is 18.0. The molecule has 0 aromatic heterocycles. The van der Waals surface area contributed by atoms with Gasteiger partial charge in [0.15, 0.2) is 0 Å². The Hall–Kier alpha value is -2.24. The third-order valence-corrected chi connectivity index (χ3v) is 2.42. The molecule has 0 aliphatic rings. The van der Waals surface area contributed by atoms with Gasteiger partial charge in [-0.15, -0.1) is 0 Å². The minimum atomic E-state index is 0.112. The summed E-state index contributed by atoms with van der Waals surface area (Å²) >= 11 is 0. The van der Waals surface area contributed by atoms with Gasteiger partial charge in [-0.05, 0) is 36.4 Å². The van der Waals surface area contributed by atoms with Crippen molar-refractivity contribution in [1.82, 2.24) is 0 Å². The molecular weight excluding hydrogens is 222 g/mol. The van der Waals surface area contributed by atoms with Crippen LogP contribution in [0.1, 0.15) is 12.0 Å². The number of anilines is 2. The minimum absolute atomic E-state index is 0.112. The van der Waals surface area contributed by atoms with Crippen molar-refractivity contribution < 1.29 is 5.11 Å². The van der Waals surface area contributed by atoms with E-state index in [4.69, 9.17) is 5.11 Å². The monoisotopic (exact) mass is 237 g/mol. The molecule has 0 saturated carbocycles. The summed E-state index contributed by atoms with van der Waals surface area (Å²) in [5.41, 5.74) is 3.06. The summed E-state index contributed by atoms with van der Waals surface area (Å²) in [6.45, 7) is 0.112. The SMILES string of the molecule is OCCC#Cc1ccc(Nc2ccccc2)cc1. The fraction of sp³-hybridized carbons (Fsp3) is 0.125. The van der Waals surface area contributed by atoms with Gasteiger partial charge in [0.2, 0.25) is 0 Å². The number of rotatable bonds is 3. The molecule has 2 aromatic rings. The number of nitrogens with one attached hydrogen (secondary N) is 1. The van der Waals surface area contributed by atoms with Gasteiger partial charge < -0.3 is 10.4 Å². The fourth-order valence-electron chi connectivity index (χ4n) is 1.55. The van der Waals surface area contributed by atoms with Crippen LogP contribution < -0.4 is 5.32 Å².